The van der Waals surface area contributed by atoms with E-state index in [0.29, 0.717) is 0 Å². The van der Waals surface area contributed by atoms with Gasteiger partial charge in [-0.3, -0.25) is 4.90 Å². The number of aryl methyl sites for hydroxylation is 1. The molecule has 0 aliphatic carbocycles. The Labute approximate surface area is 108 Å². The fraction of sp³-hybridized carbons (Fsp3) is 0.769. The SMILES string of the molecule is CC1CCN(Cc2nc(CCCN)cs2)CC1. The van der Waals surface area contributed by atoms with Crippen LogP contribution in [0.25, 0.3) is 0 Å². The standard InChI is InChI=1S/C13H23N3S/c1-11-4-7-16(8-5-11)9-13-15-12(10-17-13)3-2-6-14/h10-11H,2-9,14H2,1H3. The van der Waals surface area contributed by atoms with Crippen molar-refractivity contribution in [2.45, 2.75) is 39.2 Å². The second kappa shape index (κ2) is 6.47. The quantitative estimate of drug-likeness (QED) is 0.875. The summed E-state index contributed by atoms with van der Waals surface area (Å²) in [5.74, 6) is 0.905. The Balaban J connectivity index is 1.80. The van der Waals surface area contributed by atoms with Crippen molar-refractivity contribution in [2.75, 3.05) is 19.6 Å². The Kier molecular flexibility index (Phi) is 4.95. The van der Waals surface area contributed by atoms with Gasteiger partial charge in [0, 0.05) is 5.38 Å². The van der Waals surface area contributed by atoms with Crippen molar-refractivity contribution < 1.29 is 0 Å². The van der Waals surface area contributed by atoms with Crippen LogP contribution in [0.1, 0.15) is 36.9 Å². The van der Waals surface area contributed by atoms with E-state index < -0.39 is 0 Å². The zero-order valence-corrected chi connectivity index (χ0v) is 11.5. The van der Waals surface area contributed by atoms with Crippen LogP contribution in [0.2, 0.25) is 0 Å². The summed E-state index contributed by atoms with van der Waals surface area (Å²) in [5, 5.41) is 3.46. The van der Waals surface area contributed by atoms with Crippen LogP contribution in [0.5, 0.6) is 0 Å². The van der Waals surface area contributed by atoms with Gasteiger partial charge < -0.3 is 5.73 Å². The van der Waals surface area contributed by atoms with E-state index in [1.165, 1.54) is 36.6 Å². The van der Waals surface area contributed by atoms with Crippen molar-refractivity contribution in [1.82, 2.24) is 9.88 Å². The minimum Gasteiger partial charge on any atom is -0.330 e. The van der Waals surface area contributed by atoms with Gasteiger partial charge in [0.25, 0.3) is 0 Å². The van der Waals surface area contributed by atoms with Gasteiger partial charge in [-0.1, -0.05) is 6.92 Å². The fourth-order valence-corrected chi connectivity index (χ4v) is 3.10. The zero-order chi connectivity index (χ0) is 12.1. The molecule has 0 amide bonds. The summed E-state index contributed by atoms with van der Waals surface area (Å²) in [7, 11) is 0. The molecule has 0 spiro atoms. The first-order valence-corrected chi connectivity index (χ1v) is 7.51. The van der Waals surface area contributed by atoms with Crippen molar-refractivity contribution in [2.24, 2.45) is 11.7 Å². The molecule has 1 aliphatic heterocycles. The third-order valence-corrected chi connectivity index (χ3v) is 4.35. The van der Waals surface area contributed by atoms with Gasteiger partial charge in [0.1, 0.15) is 5.01 Å². The highest BCUT2D eigenvalue weighted by Crippen LogP contribution is 2.19. The second-order valence-electron chi connectivity index (χ2n) is 5.08. The first-order chi connectivity index (χ1) is 8.28. The van der Waals surface area contributed by atoms with E-state index in [9.17, 15) is 0 Å². The number of thiazole rings is 1. The molecule has 1 fully saturated rings. The molecule has 0 radical (unpaired) electrons. The van der Waals surface area contributed by atoms with Gasteiger partial charge in [0.15, 0.2) is 0 Å². The molecule has 1 aromatic rings. The summed E-state index contributed by atoms with van der Waals surface area (Å²) in [5.41, 5.74) is 6.74. The lowest BCUT2D eigenvalue weighted by molar-refractivity contribution is 0.185. The lowest BCUT2D eigenvalue weighted by Crippen LogP contribution is -2.32. The molecule has 2 rings (SSSR count). The highest BCUT2D eigenvalue weighted by molar-refractivity contribution is 7.09. The highest BCUT2D eigenvalue weighted by atomic mass is 32.1. The molecule has 0 aromatic carbocycles. The number of nitrogens with zero attached hydrogens (tertiary/aromatic N) is 2. The average Bonchev–Trinajstić information content (AvgIpc) is 2.77. The van der Waals surface area contributed by atoms with E-state index in [-0.39, 0.29) is 0 Å². The van der Waals surface area contributed by atoms with E-state index in [1.54, 1.807) is 11.3 Å². The molecule has 0 saturated carbocycles. The first-order valence-electron chi connectivity index (χ1n) is 6.63. The Morgan fingerprint density at radius 2 is 2.24 bits per heavy atom. The summed E-state index contributed by atoms with van der Waals surface area (Å²) < 4.78 is 0. The Morgan fingerprint density at radius 1 is 1.47 bits per heavy atom. The maximum Gasteiger partial charge on any atom is 0.107 e. The van der Waals surface area contributed by atoms with Crippen LogP contribution in [-0.2, 0) is 13.0 Å². The second-order valence-corrected chi connectivity index (χ2v) is 6.03. The van der Waals surface area contributed by atoms with Crippen LogP contribution < -0.4 is 5.73 Å². The number of nitrogens with two attached hydrogens (primary N) is 1. The van der Waals surface area contributed by atoms with Crippen LogP contribution in [0.15, 0.2) is 5.38 Å². The maximum absolute atomic E-state index is 5.51. The lowest BCUT2D eigenvalue weighted by Gasteiger charge is -2.29. The van der Waals surface area contributed by atoms with Gasteiger partial charge in [-0.25, -0.2) is 4.98 Å². The highest BCUT2D eigenvalue weighted by Gasteiger charge is 2.16. The molecular formula is C13H23N3S. The monoisotopic (exact) mass is 253 g/mol. The van der Waals surface area contributed by atoms with Gasteiger partial charge in [0.05, 0.1) is 12.2 Å². The smallest absolute Gasteiger partial charge is 0.107 e. The van der Waals surface area contributed by atoms with Gasteiger partial charge in [-0.2, -0.15) is 0 Å². The minimum atomic E-state index is 0.761. The molecule has 4 heteroatoms. The molecule has 1 aromatic heterocycles. The molecule has 1 saturated heterocycles. The van der Waals surface area contributed by atoms with Crippen LogP contribution >= 0.6 is 11.3 Å². The van der Waals surface area contributed by atoms with Crippen LogP contribution in [0, 0.1) is 5.92 Å². The summed E-state index contributed by atoms with van der Waals surface area (Å²) in [4.78, 5) is 7.22. The lowest BCUT2D eigenvalue weighted by atomic mass is 9.99. The van der Waals surface area contributed by atoms with E-state index >= 15 is 0 Å². The number of hydrogen-bond acceptors (Lipinski definition) is 4. The van der Waals surface area contributed by atoms with Crippen LogP contribution in [0.4, 0.5) is 0 Å². The maximum atomic E-state index is 5.51. The molecule has 0 atom stereocenters. The summed E-state index contributed by atoms with van der Waals surface area (Å²) in [6, 6.07) is 0. The van der Waals surface area contributed by atoms with Gasteiger partial charge in [0.2, 0.25) is 0 Å². The zero-order valence-electron chi connectivity index (χ0n) is 10.7. The molecule has 1 aliphatic rings. The average molecular weight is 253 g/mol. The number of likely N-dealkylation sites (tertiary alicyclic amines) is 1. The topological polar surface area (TPSA) is 42.2 Å². The number of piperidine rings is 1. The normalized spacial score (nSPS) is 18.7. The van der Waals surface area contributed by atoms with Crippen molar-refractivity contribution >= 4 is 11.3 Å². The Hall–Kier alpha value is -0.450. The van der Waals surface area contributed by atoms with Gasteiger partial charge >= 0.3 is 0 Å². The third kappa shape index (κ3) is 4.05. The molecule has 17 heavy (non-hydrogen) atoms. The molecule has 0 unspecified atom stereocenters. The van der Waals surface area contributed by atoms with Gasteiger partial charge in [-0.15, -0.1) is 11.3 Å². The van der Waals surface area contributed by atoms with Crippen molar-refractivity contribution in [3.63, 3.8) is 0 Å². The summed E-state index contributed by atoms with van der Waals surface area (Å²) in [6.45, 7) is 6.63. The fourth-order valence-electron chi connectivity index (χ4n) is 2.23. The van der Waals surface area contributed by atoms with E-state index in [0.717, 1.165) is 31.8 Å². The molecule has 96 valence electrons. The molecule has 3 nitrogen and oxygen atoms in total. The molecular weight excluding hydrogens is 230 g/mol. The minimum absolute atomic E-state index is 0.761. The molecule has 0 bridgehead atoms. The van der Waals surface area contributed by atoms with Crippen molar-refractivity contribution in [1.29, 1.82) is 0 Å². The molecule has 2 heterocycles. The third-order valence-electron chi connectivity index (χ3n) is 3.47. The summed E-state index contributed by atoms with van der Waals surface area (Å²) in [6.07, 6.45) is 4.76. The van der Waals surface area contributed by atoms with Gasteiger partial charge in [-0.05, 0) is 51.2 Å². The summed E-state index contributed by atoms with van der Waals surface area (Å²) >= 11 is 1.80. The van der Waals surface area contributed by atoms with E-state index in [4.69, 9.17) is 5.73 Å². The van der Waals surface area contributed by atoms with E-state index in [1.807, 2.05) is 0 Å². The Morgan fingerprint density at radius 3 is 2.94 bits per heavy atom. The largest absolute Gasteiger partial charge is 0.330 e. The molecule has 2 N–H and O–H groups in total. The van der Waals surface area contributed by atoms with Crippen molar-refractivity contribution in [3.8, 4) is 0 Å². The predicted molar refractivity (Wildman–Crippen MR) is 73.2 cm³/mol. The van der Waals surface area contributed by atoms with Crippen molar-refractivity contribution in [3.05, 3.63) is 16.1 Å². The van der Waals surface area contributed by atoms with E-state index in [2.05, 4.69) is 22.2 Å². The number of aromatic nitrogens is 1. The van der Waals surface area contributed by atoms with Crippen LogP contribution in [-0.4, -0.2) is 29.5 Å². The first kappa shape index (κ1) is 13.0. The van der Waals surface area contributed by atoms with Crippen LogP contribution in [0.3, 0.4) is 0 Å². The predicted octanol–water partition coefficient (Wildman–Crippen LogP) is 2.27. The number of hydrogen-bond donors (Lipinski definition) is 1. The Bertz CT molecular complexity index is 329. The number of rotatable bonds is 5.